The normalized spacial score (nSPS) is 17.8. The summed E-state index contributed by atoms with van der Waals surface area (Å²) >= 11 is 0. The zero-order valence-electron chi connectivity index (χ0n) is 14.5. The van der Waals surface area contributed by atoms with Crippen LogP contribution < -0.4 is 26.7 Å². The number of amides is 1. The Labute approximate surface area is 149 Å². The summed E-state index contributed by atoms with van der Waals surface area (Å²) in [4.78, 5) is 29.7. The number of hydrogen-bond acceptors (Lipinski definition) is 6. The molecule has 0 aromatic carbocycles. The molecule has 0 atom stereocenters. The molecule has 1 fully saturated rings. The second-order valence-electron chi connectivity index (χ2n) is 6.95. The molecule has 1 saturated carbocycles. The summed E-state index contributed by atoms with van der Waals surface area (Å²) in [6.45, 7) is 1.81. The summed E-state index contributed by atoms with van der Waals surface area (Å²) in [7, 11) is 0. The molecule has 0 saturated heterocycles. The highest BCUT2D eigenvalue weighted by atomic mass is 16.5. The quantitative estimate of drug-likeness (QED) is 0.464. The lowest BCUT2D eigenvalue weighted by molar-refractivity contribution is -0.895. The summed E-state index contributed by atoms with van der Waals surface area (Å²) in [6, 6.07) is 3.07. The second kappa shape index (κ2) is 5.72. The van der Waals surface area contributed by atoms with Crippen LogP contribution in [-0.2, 0) is 5.66 Å². The van der Waals surface area contributed by atoms with Gasteiger partial charge >= 0.3 is 0 Å². The number of rotatable bonds is 2. The minimum Gasteiger partial charge on any atom is -0.371 e. The lowest BCUT2D eigenvalue weighted by Crippen LogP contribution is -2.48. The van der Waals surface area contributed by atoms with E-state index in [4.69, 9.17) is 5.73 Å². The highest BCUT2D eigenvalue weighted by Gasteiger charge is 2.45. The van der Waals surface area contributed by atoms with Crippen molar-refractivity contribution < 1.29 is 14.7 Å². The fourth-order valence-electron chi connectivity index (χ4n) is 3.97. The fraction of sp³-hybridized carbons (Fsp3) is 0.412. The number of nitrogens with one attached hydrogen (secondary N) is 2. The van der Waals surface area contributed by atoms with Crippen molar-refractivity contribution in [1.29, 1.82) is 0 Å². The van der Waals surface area contributed by atoms with Crippen molar-refractivity contribution in [2.45, 2.75) is 44.7 Å². The maximum Gasteiger partial charge on any atom is 0.276 e. The van der Waals surface area contributed by atoms with E-state index < -0.39 is 5.66 Å². The SMILES string of the molecule is Cc1cc(Nc2cc(N)[n+](O)cn2)c(=O)n2c1C(=O)NC21CCCCC1. The molecule has 0 radical (unpaired) electrons. The van der Waals surface area contributed by atoms with Gasteiger partial charge in [0.15, 0.2) is 0 Å². The van der Waals surface area contributed by atoms with Crippen LogP contribution in [0.2, 0.25) is 0 Å². The molecule has 5 N–H and O–H groups in total. The summed E-state index contributed by atoms with van der Waals surface area (Å²) in [6.07, 6.45) is 5.67. The molecule has 1 spiro atoms. The van der Waals surface area contributed by atoms with E-state index in [0.717, 1.165) is 38.4 Å². The standard InChI is InChI=1S/C17H20N6O3/c1-10-7-11(20-13-8-12(18)22(26)9-19-13)16(25)23-14(10)15(24)21-17(23)5-3-2-4-6-17/h7-9,26H,2-6H2,1H3,(H3,18,20,21,24)/p+1. The van der Waals surface area contributed by atoms with Gasteiger partial charge in [0.25, 0.3) is 23.6 Å². The van der Waals surface area contributed by atoms with Gasteiger partial charge in [0.2, 0.25) is 5.82 Å². The van der Waals surface area contributed by atoms with Crippen LogP contribution in [0.15, 0.2) is 23.3 Å². The molecule has 1 aliphatic carbocycles. The topological polar surface area (TPSA) is 126 Å². The Kier molecular flexibility index (Phi) is 3.60. The molecular weight excluding hydrogens is 336 g/mol. The molecule has 2 aromatic rings. The van der Waals surface area contributed by atoms with E-state index in [0.29, 0.717) is 27.5 Å². The van der Waals surface area contributed by atoms with Crippen molar-refractivity contribution in [1.82, 2.24) is 14.9 Å². The Morgan fingerprint density at radius 2 is 2.04 bits per heavy atom. The Morgan fingerprint density at radius 3 is 2.73 bits per heavy atom. The molecule has 0 unspecified atom stereocenters. The van der Waals surface area contributed by atoms with E-state index in [9.17, 15) is 14.8 Å². The molecule has 3 heterocycles. The first-order chi connectivity index (χ1) is 12.4. The number of anilines is 3. The van der Waals surface area contributed by atoms with Crippen LogP contribution in [0, 0.1) is 6.92 Å². The van der Waals surface area contributed by atoms with Crippen molar-refractivity contribution in [3.63, 3.8) is 0 Å². The van der Waals surface area contributed by atoms with Gasteiger partial charge in [0.1, 0.15) is 17.0 Å². The van der Waals surface area contributed by atoms with Gasteiger partial charge in [0, 0.05) is 0 Å². The number of nitrogen functional groups attached to an aromatic ring is 1. The molecule has 2 aromatic heterocycles. The third-order valence-corrected chi connectivity index (χ3v) is 5.18. The zero-order valence-corrected chi connectivity index (χ0v) is 14.5. The average Bonchev–Trinajstić information content (AvgIpc) is 2.88. The number of aryl methyl sites for hydroxylation is 1. The van der Waals surface area contributed by atoms with Crippen LogP contribution in [0.3, 0.4) is 0 Å². The average molecular weight is 357 g/mol. The minimum atomic E-state index is -0.637. The largest absolute Gasteiger partial charge is 0.371 e. The van der Waals surface area contributed by atoms with Gasteiger partial charge in [-0.3, -0.25) is 14.2 Å². The van der Waals surface area contributed by atoms with Crippen LogP contribution in [0.4, 0.5) is 17.3 Å². The van der Waals surface area contributed by atoms with Gasteiger partial charge in [-0.25, -0.2) is 0 Å². The molecule has 0 bridgehead atoms. The highest BCUT2D eigenvalue weighted by molar-refractivity contribution is 5.97. The third-order valence-electron chi connectivity index (χ3n) is 5.18. The van der Waals surface area contributed by atoms with Crippen LogP contribution >= 0.6 is 0 Å². The van der Waals surface area contributed by atoms with Gasteiger partial charge < -0.3 is 21.6 Å². The lowest BCUT2D eigenvalue weighted by Gasteiger charge is -2.35. The van der Waals surface area contributed by atoms with Crippen LogP contribution in [0.5, 0.6) is 0 Å². The van der Waals surface area contributed by atoms with Crippen molar-refractivity contribution in [3.05, 3.63) is 40.1 Å². The predicted octanol–water partition coefficient (Wildman–Crippen LogP) is 0.763. The number of nitrogens with two attached hydrogens (primary N) is 1. The van der Waals surface area contributed by atoms with E-state index in [1.54, 1.807) is 10.6 Å². The van der Waals surface area contributed by atoms with E-state index in [-0.39, 0.29) is 17.3 Å². The fourth-order valence-corrected chi connectivity index (χ4v) is 3.97. The number of hydrogen-bond donors (Lipinski definition) is 4. The molecule has 2 aliphatic rings. The molecule has 4 rings (SSSR count). The van der Waals surface area contributed by atoms with E-state index in [2.05, 4.69) is 15.6 Å². The molecule has 9 heteroatoms. The number of aromatic nitrogens is 3. The highest BCUT2D eigenvalue weighted by Crippen LogP contribution is 2.37. The van der Waals surface area contributed by atoms with E-state index >= 15 is 0 Å². The Bertz CT molecular complexity index is 962. The van der Waals surface area contributed by atoms with Crippen molar-refractivity contribution in [2.24, 2.45) is 0 Å². The predicted molar refractivity (Wildman–Crippen MR) is 93.3 cm³/mol. The Balaban J connectivity index is 1.82. The molecular formula is C17H21N6O3+. The molecule has 26 heavy (non-hydrogen) atoms. The van der Waals surface area contributed by atoms with Crippen molar-refractivity contribution in [2.75, 3.05) is 11.1 Å². The third kappa shape index (κ3) is 2.39. The monoisotopic (exact) mass is 357 g/mol. The summed E-state index contributed by atoms with van der Waals surface area (Å²) in [5, 5.41) is 15.4. The zero-order chi connectivity index (χ0) is 18.5. The number of carbonyl (C=O) groups excluding carboxylic acids is 1. The molecule has 1 amide bonds. The molecule has 1 aliphatic heterocycles. The van der Waals surface area contributed by atoms with E-state index in [1.165, 1.54) is 6.07 Å². The smallest absolute Gasteiger partial charge is 0.276 e. The summed E-state index contributed by atoms with van der Waals surface area (Å²) < 4.78 is 2.30. The minimum absolute atomic E-state index is 0.0843. The number of carbonyl (C=O) groups is 1. The number of pyridine rings is 1. The Hall–Kier alpha value is -3.10. The maximum atomic E-state index is 13.2. The molecule has 9 nitrogen and oxygen atoms in total. The summed E-state index contributed by atoms with van der Waals surface area (Å²) in [5.41, 5.74) is 6.21. The lowest BCUT2D eigenvalue weighted by atomic mass is 9.89. The van der Waals surface area contributed by atoms with Gasteiger partial charge in [-0.2, -0.15) is 0 Å². The van der Waals surface area contributed by atoms with Crippen LogP contribution in [0.25, 0.3) is 0 Å². The first kappa shape index (κ1) is 16.4. The number of nitrogens with zero attached hydrogens (tertiary/aromatic N) is 3. The van der Waals surface area contributed by atoms with Gasteiger partial charge in [-0.05, 0) is 44.2 Å². The first-order valence-electron chi connectivity index (χ1n) is 8.64. The summed E-state index contributed by atoms with van der Waals surface area (Å²) in [5.74, 6) is 0.220. The van der Waals surface area contributed by atoms with Gasteiger partial charge in [-0.15, -0.1) is 0 Å². The molecule has 136 valence electrons. The Morgan fingerprint density at radius 1 is 1.31 bits per heavy atom. The van der Waals surface area contributed by atoms with E-state index in [1.807, 2.05) is 6.92 Å². The number of fused-ring (bicyclic) bond motifs is 2. The van der Waals surface area contributed by atoms with Crippen LogP contribution in [0.1, 0.15) is 48.2 Å². The van der Waals surface area contributed by atoms with Crippen molar-refractivity contribution >= 4 is 23.2 Å². The maximum absolute atomic E-state index is 13.2. The second-order valence-corrected chi connectivity index (χ2v) is 6.95. The van der Waals surface area contributed by atoms with Crippen molar-refractivity contribution in [3.8, 4) is 0 Å². The van der Waals surface area contributed by atoms with Gasteiger partial charge in [0.05, 0.1) is 6.07 Å². The van der Waals surface area contributed by atoms with Gasteiger partial charge in [-0.1, -0.05) is 16.1 Å². The first-order valence-corrected chi connectivity index (χ1v) is 8.64. The van der Waals surface area contributed by atoms with Crippen LogP contribution in [-0.4, -0.2) is 20.7 Å².